The summed E-state index contributed by atoms with van der Waals surface area (Å²) in [4.78, 5) is 25.3. The Morgan fingerprint density at radius 1 is 0.578 bits per heavy atom. The molecule has 0 N–H and O–H groups in total. The SMILES string of the molecule is CCCCC(CC)C(=O)OCCOCCOCCOCCOCCOCCOCCOCCOCCN(C)C(=O)OC(C)(C)C. The number of hydrogen-bond acceptors (Lipinski definition) is 12. The number of hydrogen-bond donors (Lipinski definition) is 0. The molecule has 0 saturated heterocycles. The van der Waals surface area contributed by atoms with Crippen LogP contribution < -0.4 is 0 Å². The molecule has 0 saturated carbocycles. The monoisotopic (exact) mass is 653 g/mol. The second-order valence-corrected chi connectivity index (χ2v) is 11.2. The summed E-state index contributed by atoms with van der Waals surface area (Å²) in [6.07, 6.45) is 3.46. The van der Waals surface area contributed by atoms with Gasteiger partial charge in [0.1, 0.15) is 12.2 Å². The van der Waals surface area contributed by atoms with E-state index in [2.05, 4.69) is 6.92 Å². The fourth-order valence-corrected chi connectivity index (χ4v) is 3.53. The highest BCUT2D eigenvalue weighted by atomic mass is 16.6. The van der Waals surface area contributed by atoms with Crippen LogP contribution in [0.15, 0.2) is 0 Å². The van der Waals surface area contributed by atoms with E-state index in [-0.39, 0.29) is 24.6 Å². The maximum Gasteiger partial charge on any atom is 0.410 e. The lowest BCUT2D eigenvalue weighted by atomic mass is 10.00. The summed E-state index contributed by atoms with van der Waals surface area (Å²) in [5.41, 5.74) is -0.511. The lowest BCUT2D eigenvalue weighted by Gasteiger charge is -2.24. The van der Waals surface area contributed by atoms with Crippen LogP contribution in [0.1, 0.15) is 60.3 Å². The van der Waals surface area contributed by atoms with Crippen LogP contribution >= 0.6 is 0 Å². The molecule has 45 heavy (non-hydrogen) atoms. The number of carbonyl (C=O) groups excluding carboxylic acids is 2. The first-order chi connectivity index (χ1) is 21.7. The number of carbonyl (C=O) groups is 2. The lowest BCUT2D eigenvalue weighted by molar-refractivity contribution is -0.150. The molecule has 0 bridgehead atoms. The van der Waals surface area contributed by atoms with Crippen molar-refractivity contribution < 1.29 is 57.0 Å². The van der Waals surface area contributed by atoms with Gasteiger partial charge in [0.2, 0.25) is 0 Å². The standard InChI is InChI=1S/C32H63NO12/c1-7-9-10-29(8-2)30(34)44-28-27-43-26-25-42-24-23-41-22-21-40-20-19-39-18-17-38-16-15-37-14-13-36-12-11-33(6)31(35)45-32(3,4)5/h29H,7-28H2,1-6H3. The van der Waals surface area contributed by atoms with Gasteiger partial charge in [0.05, 0.1) is 112 Å². The third-order valence-electron chi connectivity index (χ3n) is 6.08. The van der Waals surface area contributed by atoms with Crippen molar-refractivity contribution in [2.24, 2.45) is 5.92 Å². The zero-order chi connectivity index (χ0) is 33.4. The van der Waals surface area contributed by atoms with Crippen LogP contribution in [0.5, 0.6) is 0 Å². The van der Waals surface area contributed by atoms with Gasteiger partial charge in [-0.3, -0.25) is 4.79 Å². The van der Waals surface area contributed by atoms with Crippen LogP contribution in [-0.2, 0) is 52.2 Å². The molecule has 0 rings (SSSR count). The van der Waals surface area contributed by atoms with E-state index in [1.54, 1.807) is 7.05 Å². The first-order valence-corrected chi connectivity index (χ1v) is 16.4. The van der Waals surface area contributed by atoms with Crippen LogP contribution in [-0.4, -0.2) is 148 Å². The van der Waals surface area contributed by atoms with E-state index in [0.717, 1.165) is 25.7 Å². The summed E-state index contributed by atoms with van der Waals surface area (Å²) in [5, 5.41) is 0. The quantitative estimate of drug-likeness (QED) is 0.0775. The van der Waals surface area contributed by atoms with E-state index >= 15 is 0 Å². The van der Waals surface area contributed by atoms with E-state index in [9.17, 15) is 9.59 Å². The molecule has 0 aromatic carbocycles. The number of unbranched alkanes of at least 4 members (excludes halogenated alkanes) is 1. The normalized spacial score (nSPS) is 12.3. The van der Waals surface area contributed by atoms with Crippen molar-refractivity contribution in [3.8, 4) is 0 Å². The molecule has 13 nitrogen and oxygen atoms in total. The molecule has 0 heterocycles. The maximum absolute atomic E-state index is 12.0. The van der Waals surface area contributed by atoms with Gasteiger partial charge in [0.25, 0.3) is 0 Å². The molecule has 268 valence electrons. The van der Waals surface area contributed by atoms with E-state index in [0.29, 0.717) is 112 Å². The van der Waals surface area contributed by atoms with E-state index in [4.69, 9.17) is 47.4 Å². The molecule has 13 heteroatoms. The number of rotatable bonds is 32. The Hall–Kier alpha value is -1.58. The first-order valence-electron chi connectivity index (χ1n) is 16.4. The average molecular weight is 654 g/mol. The molecule has 0 aromatic rings. The third-order valence-corrected chi connectivity index (χ3v) is 6.08. The minimum absolute atomic E-state index is 0.00607. The van der Waals surface area contributed by atoms with Crippen molar-refractivity contribution in [2.45, 2.75) is 65.9 Å². The largest absolute Gasteiger partial charge is 0.463 e. The fraction of sp³-hybridized carbons (Fsp3) is 0.938. The summed E-state index contributed by atoms with van der Waals surface area (Å²) in [5.74, 6) is -0.129. The summed E-state index contributed by atoms with van der Waals surface area (Å²) in [6.45, 7) is 17.8. The maximum atomic E-state index is 12.0. The molecule has 1 amide bonds. The van der Waals surface area contributed by atoms with Crippen molar-refractivity contribution in [3.05, 3.63) is 0 Å². The minimum Gasteiger partial charge on any atom is -0.463 e. The number of amides is 1. The predicted octanol–water partition coefficient (Wildman–Crippen LogP) is 3.75. The summed E-state index contributed by atoms with van der Waals surface area (Å²) >= 11 is 0. The zero-order valence-corrected chi connectivity index (χ0v) is 29.0. The Morgan fingerprint density at radius 2 is 0.933 bits per heavy atom. The van der Waals surface area contributed by atoms with Crippen molar-refractivity contribution >= 4 is 12.1 Å². The van der Waals surface area contributed by atoms with Crippen molar-refractivity contribution in [3.63, 3.8) is 0 Å². The van der Waals surface area contributed by atoms with Gasteiger partial charge in [0, 0.05) is 13.6 Å². The highest BCUT2D eigenvalue weighted by Gasteiger charge is 2.19. The van der Waals surface area contributed by atoms with Crippen molar-refractivity contribution in [1.29, 1.82) is 0 Å². The molecule has 1 unspecified atom stereocenters. The molecule has 0 aromatic heterocycles. The number of esters is 1. The highest BCUT2D eigenvalue weighted by molar-refractivity contribution is 5.72. The van der Waals surface area contributed by atoms with Crippen molar-refractivity contribution in [1.82, 2.24) is 4.90 Å². The van der Waals surface area contributed by atoms with Gasteiger partial charge >= 0.3 is 12.1 Å². The van der Waals surface area contributed by atoms with Crippen LogP contribution in [0.3, 0.4) is 0 Å². The average Bonchev–Trinajstić information content (AvgIpc) is 3.00. The summed E-state index contributed by atoms with van der Waals surface area (Å²) in [7, 11) is 1.68. The Balaban J connectivity index is 3.25. The Bertz CT molecular complexity index is 677. The zero-order valence-electron chi connectivity index (χ0n) is 29.0. The molecule has 0 radical (unpaired) electrons. The Morgan fingerprint density at radius 3 is 1.27 bits per heavy atom. The second kappa shape index (κ2) is 31.0. The highest BCUT2D eigenvalue weighted by Crippen LogP contribution is 2.14. The van der Waals surface area contributed by atoms with Gasteiger partial charge in [-0.25, -0.2) is 4.79 Å². The van der Waals surface area contributed by atoms with Gasteiger partial charge in [0.15, 0.2) is 0 Å². The predicted molar refractivity (Wildman–Crippen MR) is 170 cm³/mol. The van der Waals surface area contributed by atoms with Gasteiger partial charge < -0.3 is 52.3 Å². The number of ether oxygens (including phenoxy) is 10. The van der Waals surface area contributed by atoms with E-state index in [1.807, 2.05) is 27.7 Å². The van der Waals surface area contributed by atoms with Crippen molar-refractivity contribution in [2.75, 3.05) is 126 Å². The first kappa shape index (κ1) is 43.4. The van der Waals surface area contributed by atoms with Crippen LogP contribution in [0, 0.1) is 5.92 Å². The van der Waals surface area contributed by atoms with Crippen LogP contribution in [0.4, 0.5) is 4.79 Å². The third kappa shape index (κ3) is 30.8. The van der Waals surface area contributed by atoms with Gasteiger partial charge in [-0.2, -0.15) is 0 Å². The van der Waals surface area contributed by atoms with Gasteiger partial charge in [-0.05, 0) is 33.6 Å². The molecule has 0 spiro atoms. The van der Waals surface area contributed by atoms with Crippen LogP contribution in [0.2, 0.25) is 0 Å². The second-order valence-electron chi connectivity index (χ2n) is 11.2. The fourth-order valence-electron chi connectivity index (χ4n) is 3.53. The van der Waals surface area contributed by atoms with E-state index in [1.165, 1.54) is 4.90 Å². The number of nitrogens with zero attached hydrogens (tertiary/aromatic N) is 1. The summed E-state index contributed by atoms with van der Waals surface area (Å²) < 4.78 is 54.3. The minimum atomic E-state index is -0.511. The Labute approximate surface area is 271 Å². The Kier molecular flexibility index (Phi) is 30.0. The molecule has 0 fully saturated rings. The molecular formula is C32H63NO12. The molecule has 0 aliphatic rings. The molecule has 0 aliphatic heterocycles. The van der Waals surface area contributed by atoms with E-state index < -0.39 is 5.60 Å². The topological polar surface area (TPSA) is 130 Å². The van der Waals surface area contributed by atoms with Crippen LogP contribution in [0.25, 0.3) is 0 Å². The smallest absolute Gasteiger partial charge is 0.410 e. The number of likely N-dealkylation sites (N-methyl/N-ethyl adjacent to an activating group) is 1. The summed E-state index contributed by atoms with van der Waals surface area (Å²) in [6, 6.07) is 0. The molecule has 1 atom stereocenters. The van der Waals surface area contributed by atoms with Gasteiger partial charge in [-0.1, -0.05) is 26.7 Å². The lowest BCUT2D eigenvalue weighted by Crippen LogP contribution is -2.36. The molecular weight excluding hydrogens is 590 g/mol. The molecule has 0 aliphatic carbocycles. The van der Waals surface area contributed by atoms with Gasteiger partial charge in [-0.15, -0.1) is 0 Å².